The van der Waals surface area contributed by atoms with Crippen molar-refractivity contribution in [1.29, 1.82) is 0 Å². The molecule has 0 unspecified atom stereocenters. The fourth-order valence-electron chi connectivity index (χ4n) is 0.828. The Hall–Kier alpha value is -1.45. The quantitative estimate of drug-likeness (QED) is 0.597. The second-order valence-electron chi connectivity index (χ2n) is 3.08. The van der Waals surface area contributed by atoms with Gasteiger partial charge in [-0.2, -0.15) is 13.2 Å². The topological polar surface area (TPSA) is 85.8 Å². The molecule has 0 aliphatic carbocycles. The van der Waals surface area contributed by atoms with Crippen LogP contribution in [0.1, 0.15) is 5.82 Å². The van der Waals surface area contributed by atoms with E-state index in [4.69, 9.17) is 5.84 Å². The van der Waals surface area contributed by atoms with Crippen LogP contribution in [0.25, 0.3) is 0 Å². The third kappa shape index (κ3) is 4.51. The Labute approximate surface area is 98.7 Å². The zero-order valence-electron chi connectivity index (χ0n) is 8.78. The van der Waals surface area contributed by atoms with E-state index in [0.717, 1.165) is 16.4 Å². The highest BCUT2D eigenvalue weighted by molar-refractivity contribution is 7.99. The maximum atomic E-state index is 11.8. The molecule has 96 valence electrons. The van der Waals surface area contributed by atoms with Gasteiger partial charge in [-0.25, -0.2) is 4.68 Å². The normalized spacial score (nSPS) is 11.5. The Morgan fingerprint density at radius 3 is 2.65 bits per heavy atom. The number of nitrogens with zero attached hydrogens (tertiary/aromatic N) is 3. The summed E-state index contributed by atoms with van der Waals surface area (Å²) >= 11 is 0.912. The van der Waals surface area contributed by atoms with Crippen molar-refractivity contribution in [3.63, 3.8) is 0 Å². The van der Waals surface area contributed by atoms with Gasteiger partial charge in [0.1, 0.15) is 12.4 Å². The fraction of sp³-hybridized carbons (Fsp3) is 0.571. The number of alkyl halides is 3. The number of aryl methyl sites for hydroxylation is 1. The van der Waals surface area contributed by atoms with Crippen molar-refractivity contribution in [3.05, 3.63) is 5.82 Å². The van der Waals surface area contributed by atoms with Crippen molar-refractivity contribution in [2.24, 2.45) is 0 Å². The number of thioether (sulfide) groups is 1. The molecule has 0 spiro atoms. The van der Waals surface area contributed by atoms with Gasteiger partial charge in [-0.1, -0.05) is 11.8 Å². The first kappa shape index (κ1) is 13.6. The lowest BCUT2D eigenvalue weighted by molar-refractivity contribution is -0.136. The van der Waals surface area contributed by atoms with Crippen LogP contribution >= 0.6 is 11.8 Å². The van der Waals surface area contributed by atoms with Crippen LogP contribution < -0.4 is 11.2 Å². The number of nitrogen functional groups attached to an aromatic ring is 1. The van der Waals surface area contributed by atoms with Crippen molar-refractivity contribution in [2.75, 3.05) is 18.1 Å². The van der Waals surface area contributed by atoms with E-state index in [0.29, 0.717) is 5.82 Å². The Balaban J connectivity index is 2.36. The maximum Gasteiger partial charge on any atom is 0.405 e. The number of amides is 1. The third-order valence-corrected chi connectivity index (χ3v) is 2.60. The number of nitrogens with two attached hydrogens (primary N) is 1. The van der Waals surface area contributed by atoms with Gasteiger partial charge >= 0.3 is 6.18 Å². The van der Waals surface area contributed by atoms with Crippen LogP contribution in [0.5, 0.6) is 0 Å². The molecule has 10 heteroatoms. The molecule has 1 rings (SSSR count). The number of hydrogen-bond acceptors (Lipinski definition) is 5. The first-order valence-corrected chi connectivity index (χ1v) is 5.41. The Kier molecular flexibility index (Phi) is 4.21. The molecule has 0 fully saturated rings. The summed E-state index contributed by atoms with van der Waals surface area (Å²) in [7, 11) is 0. The lowest BCUT2D eigenvalue weighted by atomic mass is 10.6. The number of rotatable bonds is 4. The molecule has 0 saturated heterocycles. The monoisotopic (exact) mass is 269 g/mol. The molecule has 1 aromatic rings. The molecule has 0 aliphatic heterocycles. The van der Waals surface area contributed by atoms with Gasteiger partial charge in [-0.3, -0.25) is 4.79 Å². The summed E-state index contributed by atoms with van der Waals surface area (Å²) in [6.45, 7) is 0.265. The van der Waals surface area contributed by atoms with E-state index in [2.05, 4.69) is 10.2 Å². The van der Waals surface area contributed by atoms with Gasteiger partial charge in [-0.05, 0) is 6.92 Å². The zero-order chi connectivity index (χ0) is 13.1. The zero-order valence-corrected chi connectivity index (χ0v) is 9.60. The molecular weight excluding hydrogens is 259 g/mol. The molecule has 17 heavy (non-hydrogen) atoms. The summed E-state index contributed by atoms with van der Waals surface area (Å²) in [6.07, 6.45) is -4.41. The van der Waals surface area contributed by atoms with Crippen molar-refractivity contribution in [1.82, 2.24) is 20.2 Å². The van der Waals surface area contributed by atoms with Crippen LogP contribution in [-0.2, 0) is 4.79 Å². The highest BCUT2D eigenvalue weighted by atomic mass is 32.2. The van der Waals surface area contributed by atoms with Gasteiger partial charge in [-0.15, -0.1) is 10.2 Å². The van der Waals surface area contributed by atoms with Gasteiger partial charge in [0.25, 0.3) is 0 Å². The minimum Gasteiger partial charge on any atom is -0.346 e. The largest absolute Gasteiger partial charge is 0.405 e. The summed E-state index contributed by atoms with van der Waals surface area (Å²) in [4.78, 5) is 11.1. The smallest absolute Gasteiger partial charge is 0.346 e. The van der Waals surface area contributed by atoms with E-state index in [9.17, 15) is 18.0 Å². The van der Waals surface area contributed by atoms with E-state index >= 15 is 0 Å². The number of nitrogens with one attached hydrogen (secondary N) is 1. The van der Waals surface area contributed by atoms with Crippen molar-refractivity contribution >= 4 is 17.7 Å². The Morgan fingerprint density at radius 1 is 1.53 bits per heavy atom. The molecular formula is C7H10F3N5OS. The van der Waals surface area contributed by atoms with Gasteiger partial charge in [0, 0.05) is 0 Å². The molecule has 0 aliphatic rings. The number of carbonyl (C=O) groups is 1. The SMILES string of the molecule is Cc1nnc(SCC(=O)NCC(F)(F)F)n1N. The molecule has 0 aromatic carbocycles. The van der Waals surface area contributed by atoms with E-state index in [1.807, 2.05) is 0 Å². The highest BCUT2D eigenvalue weighted by Crippen LogP contribution is 2.15. The van der Waals surface area contributed by atoms with Crippen LogP contribution in [-0.4, -0.2) is 39.3 Å². The minimum atomic E-state index is -4.41. The number of aromatic nitrogens is 3. The molecule has 0 atom stereocenters. The molecule has 6 nitrogen and oxygen atoms in total. The highest BCUT2D eigenvalue weighted by Gasteiger charge is 2.27. The summed E-state index contributed by atoms with van der Waals surface area (Å²) in [6, 6.07) is 0. The third-order valence-electron chi connectivity index (χ3n) is 1.65. The Bertz CT molecular complexity index is 405. The second-order valence-corrected chi connectivity index (χ2v) is 4.02. The Morgan fingerprint density at radius 2 is 2.18 bits per heavy atom. The van der Waals surface area contributed by atoms with Gasteiger partial charge in [0.2, 0.25) is 11.1 Å². The van der Waals surface area contributed by atoms with E-state index in [-0.39, 0.29) is 10.9 Å². The van der Waals surface area contributed by atoms with Crippen LogP contribution in [0.3, 0.4) is 0 Å². The number of hydrogen-bond donors (Lipinski definition) is 2. The molecule has 3 N–H and O–H groups in total. The average Bonchev–Trinajstić information content (AvgIpc) is 2.53. The van der Waals surface area contributed by atoms with Gasteiger partial charge in [0.15, 0.2) is 0 Å². The predicted octanol–water partition coefficient (Wildman–Crippen LogP) is 0.0709. The summed E-state index contributed by atoms with van der Waals surface area (Å²) in [5.41, 5.74) is 0. The molecule has 0 bridgehead atoms. The van der Waals surface area contributed by atoms with Crippen LogP contribution in [0.15, 0.2) is 5.16 Å². The summed E-state index contributed by atoms with van der Waals surface area (Å²) in [5.74, 6) is 4.99. The average molecular weight is 269 g/mol. The predicted molar refractivity (Wildman–Crippen MR) is 54.7 cm³/mol. The van der Waals surface area contributed by atoms with Crippen molar-refractivity contribution in [3.8, 4) is 0 Å². The van der Waals surface area contributed by atoms with Crippen molar-refractivity contribution < 1.29 is 18.0 Å². The molecule has 1 aromatic heterocycles. The molecule has 0 radical (unpaired) electrons. The summed E-state index contributed by atoms with van der Waals surface area (Å²) in [5, 5.41) is 9.28. The summed E-state index contributed by atoms with van der Waals surface area (Å²) < 4.78 is 36.5. The van der Waals surface area contributed by atoms with Gasteiger partial charge in [0.05, 0.1) is 5.75 Å². The first-order valence-electron chi connectivity index (χ1n) is 4.43. The van der Waals surface area contributed by atoms with E-state index < -0.39 is 18.6 Å². The first-order chi connectivity index (χ1) is 7.79. The minimum absolute atomic E-state index is 0.203. The number of halogens is 3. The molecule has 1 heterocycles. The molecule has 0 saturated carbocycles. The van der Waals surface area contributed by atoms with Crippen LogP contribution in [0.2, 0.25) is 0 Å². The van der Waals surface area contributed by atoms with Gasteiger partial charge < -0.3 is 11.2 Å². The standard InChI is InChI=1S/C7H10F3N5OS/c1-4-13-14-6(15(4)11)17-2-5(16)12-3-7(8,9)10/h2-3,11H2,1H3,(H,12,16). The second kappa shape index (κ2) is 5.25. The van der Waals surface area contributed by atoms with Crippen molar-refractivity contribution in [2.45, 2.75) is 18.3 Å². The molecule has 1 amide bonds. The van der Waals surface area contributed by atoms with Crippen LogP contribution in [0, 0.1) is 6.92 Å². The maximum absolute atomic E-state index is 11.8. The van der Waals surface area contributed by atoms with Crippen LogP contribution in [0.4, 0.5) is 13.2 Å². The lowest BCUT2D eigenvalue weighted by Crippen LogP contribution is -2.34. The van der Waals surface area contributed by atoms with E-state index in [1.54, 1.807) is 12.2 Å². The number of carbonyl (C=O) groups excluding carboxylic acids is 1. The fourth-order valence-corrected chi connectivity index (χ4v) is 1.56. The lowest BCUT2D eigenvalue weighted by Gasteiger charge is -2.07. The van der Waals surface area contributed by atoms with E-state index in [1.165, 1.54) is 0 Å².